The fraction of sp³-hybridized carbons (Fsp3) is 0.462. The lowest BCUT2D eigenvalue weighted by Crippen LogP contribution is -2.41. The highest BCUT2D eigenvalue weighted by molar-refractivity contribution is 14.1. The van der Waals surface area contributed by atoms with Gasteiger partial charge in [-0.15, -0.1) is 0 Å². The summed E-state index contributed by atoms with van der Waals surface area (Å²) in [6.45, 7) is 2.35. The summed E-state index contributed by atoms with van der Waals surface area (Å²) in [5.41, 5.74) is -0.354. The van der Waals surface area contributed by atoms with E-state index in [4.69, 9.17) is 4.74 Å². The highest BCUT2D eigenvalue weighted by atomic mass is 127. The average molecular weight is 363 g/mol. The Morgan fingerprint density at radius 2 is 2.06 bits per heavy atom. The minimum Gasteiger partial charge on any atom is -0.388 e. The van der Waals surface area contributed by atoms with Crippen LogP contribution in [0.15, 0.2) is 24.3 Å². The third-order valence-corrected chi connectivity index (χ3v) is 3.30. The summed E-state index contributed by atoms with van der Waals surface area (Å²) in [5, 5.41) is 12.7. The van der Waals surface area contributed by atoms with E-state index in [0.29, 0.717) is 18.6 Å². The minimum atomic E-state index is -0.950. The number of hydrogen-bond donors (Lipinski definition) is 2. The number of carbonyl (C=O) groups is 1. The van der Waals surface area contributed by atoms with Gasteiger partial charge in [0.2, 0.25) is 0 Å². The van der Waals surface area contributed by atoms with Crippen molar-refractivity contribution in [2.45, 2.75) is 18.9 Å². The van der Waals surface area contributed by atoms with E-state index < -0.39 is 5.60 Å². The van der Waals surface area contributed by atoms with Crippen LogP contribution < -0.4 is 5.32 Å². The molecule has 4 nitrogen and oxygen atoms in total. The molecule has 18 heavy (non-hydrogen) atoms. The fourth-order valence-corrected chi connectivity index (χ4v) is 1.74. The second kappa shape index (κ2) is 7.06. The zero-order chi connectivity index (χ0) is 13.6. The monoisotopic (exact) mass is 363 g/mol. The van der Waals surface area contributed by atoms with Crippen molar-refractivity contribution >= 4 is 28.5 Å². The summed E-state index contributed by atoms with van der Waals surface area (Å²) < 4.78 is 5.99. The Labute approximate surface area is 121 Å². The van der Waals surface area contributed by atoms with Crippen molar-refractivity contribution in [2.24, 2.45) is 0 Å². The van der Waals surface area contributed by atoms with Gasteiger partial charge in [0.15, 0.2) is 0 Å². The molecule has 0 aliphatic rings. The van der Waals surface area contributed by atoms with Crippen molar-refractivity contribution in [3.05, 3.63) is 33.4 Å². The molecule has 0 aromatic heterocycles. The van der Waals surface area contributed by atoms with E-state index in [1.807, 2.05) is 12.1 Å². The zero-order valence-corrected chi connectivity index (χ0v) is 12.7. The fourth-order valence-electron chi connectivity index (χ4n) is 1.38. The molecule has 0 aliphatic carbocycles. The maximum Gasteiger partial charge on any atom is 0.251 e. The number of nitrogens with one attached hydrogen (secondary N) is 1. The Morgan fingerprint density at radius 1 is 1.44 bits per heavy atom. The lowest BCUT2D eigenvalue weighted by molar-refractivity contribution is 0.0243. The molecule has 0 saturated heterocycles. The van der Waals surface area contributed by atoms with Crippen molar-refractivity contribution in [2.75, 3.05) is 20.3 Å². The van der Waals surface area contributed by atoms with Gasteiger partial charge in [-0.25, -0.2) is 0 Å². The molecule has 1 unspecified atom stereocenters. The second-order valence-corrected chi connectivity index (χ2v) is 5.67. The molecular weight excluding hydrogens is 345 g/mol. The van der Waals surface area contributed by atoms with E-state index >= 15 is 0 Å². The number of hydrogen-bond acceptors (Lipinski definition) is 3. The van der Waals surface area contributed by atoms with Crippen molar-refractivity contribution < 1.29 is 14.6 Å². The van der Waals surface area contributed by atoms with E-state index in [1.165, 1.54) is 0 Å². The molecule has 0 heterocycles. The third-order valence-electron chi connectivity index (χ3n) is 2.58. The summed E-state index contributed by atoms with van der Waals surface area (Å²) in [4.78, 5) is 11.8. The van der Waals surface area contributed by atoms with Gasteiger partial charge in [-0.05, 0) is 53.8 Å². The van der Waals surface area contributed by atoms with E-state index in [-0.39, 0.29) is 12.5 Å². The number of ether oxygens (including phenoxy) is 1. The van der Waals surface area contributed by atoms with Crippen LogP contribution in [-0.2, 0) is 4.74 Å². The largest absolute Gasteiger partial charge is 0.388 e. The van der Waals surface area contributed by atoms with Crippen LogP contribution in [-0.4, -0.2) is 36.9 Å². The number of aliphatic hydroxyl groups is 1. The summed E-state index contributed by atoms with van der Waals surface area (Å²) >= 11 is 2.18. The molecule has 0 spiro atoms. The van der Waals surface area contributed by atoms with Gasteiger partial charge < -0.3 is 15.2 Å². The molecule has 0 aliphatic heterocycles. The van der Waals surface area contributed by atoms with Gasteiger partial charge in [-0.3, -0.25) is 4.79 Å². The smallest absolute Gasteiger partial charge is 0.251 e. The molecule has 2 N–H and O–H groups in total. The second-order valence-electron chi connectivity index (χ2n) is 4.43. The molecule has 0 radical (unpaired) electrons. The van der Waals surface area contributed by atoms with Crippen LogP contribution in [0.3, 0.4) is 0 Å². The molecule has 0 fully saturated rings. The van der Waals surface area contributed by atoms with Gasteiger partial charge in [0.1, 0.15) is 0 Å². The molecule has 0 bridgehead atoms. The van der Waals surface area contributed by atoms with Crippen LogP contribution in [0.2, 0.25) is 0 Å². The van der Waals surface area contributed by atoms with Gasteiger partial charge in [-0.2, -0.15) is 0 Å². The van der Waals surface area contributed by atoms with E-state index in [9.17, 15) is 9.90 Å². The molecule has 1 amide bonds. The maximum atomic E-state index is 11.8. The Morgan fingerprint density at radius 3 is 2.61 bits per heavy atom. The van der Waals surface area contributed by atoms with Crippen LogP contribution >= 0.6 is 22.6 Å². The third kappa shape index (κ3) is 5.32. The standard InChI is InChI=1S/C13H18INO3/c1-13(17,7-8-18-2)9-15-12(16)10-3-5-11(14)6-4-10/h3-6,17H,7-9H2,1-2H3,(H,15,16). The molecular formula is C13H18INO3. The predicted molar refractivity (Wildman–Crippen MR) is 78.6 cm³/mol. The Bertz CT molecular complexity index is 390. The van der Waals surface area contributed by atoms with Crippen LogP contribution in [0.1, 0.15) is 23.7 Å². The summed E-state index contributed by atoms with van der Waals surface area (Å²) in [6.07, 6.45) is 0.483. The molecule has 1 atom stereocenters. The van der Waals surface area contributed by atoms with Gasteiger partial charge in [0.05, 0.1) is 5.60 Å². The van der Waals surface area contributed by atoms with Gasteiger partial charge >= 0.3 is 0 Å². The summed E-state index contributed by atoms with van der Waals surface area (Å²) in [5.74, 6) is -0.177. The first-order chi connectivity index (χ1) is 8.44. The van der Waals surface area contributed by atoms with Crippen molar-refractivity contribution in [1.82, 2.24) is 5.32 Å². The number of carbonyl (C=O) groups excluding carboxylic acids is 1. The molecule has 1 aromatic rings. The van der Waals surface area contributed by atoms with Crippen LogP contribution in [0.5, 0.6) is 0 Å². The average Bonchev–Trinajstić information content (AvgIpc) is 2.35. The number of rotatable bonds is 6. The number of halogens is 1. The molecule has 5 heteroatoms. The quantitative estimate of drug-likeness (QED) is 0.758. The van der Waals surface area contributed by atoms with Gasteiger partial charge in [0.25, 0.3) is 5.91 Å². The van der Waals surface area contributed by atoms with Gasteiger partial charge in [0, 0.05) is 35.8 Å². The Kier molecular flexibility index (Phi) is 6.04. The Hall–Kier alpha value is -0.660. The van der Waals surface area contributed by atoms with E-state index in [0.717, 1.165) is 3.57 Å². The van der Waals surface area contributed by atoms with Gasteiger partial charge in [-0.1, -0.05) is 0 Å². The number of amides is 1. The lowest BCUT2D eigenvalue weighted by Gasteiger charge is -2.23. The minimum absolute atomic E-state index is 0.177. The number of methoxy groups -OCH3 is 1. The van der Waals surface area contributed by atoms with Crippen LogP contribution in [0.25, 0.3) is 0 Å². The van der Waals surface area contributed by atoms with E-state index in [1.54, 1.807) is 26.2 Å². The lowest BCUT2D eigenvalue weighted by atomic mass is 10.0. The predicted octanol–water partition coefficient (Wildman–Crippen LogP) is 1.81. The maximum absolute atomic E-state index is 11.8. The van der Waals surface area contributed by atoms with Crippen molar-refractivity contribution in [3.8, 4) is 0 Å². The summed E-state index contributed by atoms with van der Waals surface area (Å²) in [6, 6.07) is 7.28. The summed E-state index contributed by atoms with van der Waals surface area (Å²) in [7, 11) is 1.58. The highest BCUT2D eigenvalue weighted by Crippen LogP contribution is 2.09. The first-order valence-electron chi connectivity index (χ1n) is 5.70. The first-order valence-corrected chi connectivity index (χ1v) is 6.77. The molecule has 100 valence electrons. The topological polar surface area (TPSA) is 58.6 Å². The SMILES string of the molecule is COCCC(C)(O)CNC(=O)c1ccc(I)cc1. The zero-order valence-electron chi connectivity index (χ0n) is 10.6. The van der Waals surface area contributed by atoms with Crippen LogP contribution in [0.4, 0.5) is 0 Å². The Balaban J connectivity index is 2.48. The van der Waals surface area contributed by atoms with Crippen molar-refractivity contribution in [3.63, 3.8) is 0 Å². The molecule has 1 aromatic carbocycles. The molecule has 1 rings (SSSR count). The number of benzene rings is 1. The van der Waals surface area contributed by atoms with Crippen molar-refractivity contribution in [1.29, 1.82) is 0 Å². The highest BCUT2D eigenvalue weighted by Gasteiger charge is 2.21. The van der Waals surface area contributed by atoms with E-state index in [2.05, 4.69) is 27.9 Å². The van der Waals surface area contributed by atoms with Crippen LogP contribution in [0, 0.1) is 3.57 Å². The normalized spacial score (nSPS) is 14.0. The molecule has 0 saturated carbocycles. The first kappa shape index (κ1) is 15.4.